The van der Waals surface area contributed by atoms with Crippen LogP contribution in [-0.2, 0) is 22.8 Å². The normalized spacial score (nSPS) is 12.5. The molecule has 0 aliphatic heterocycles. The van der Waals surface area contributed by atoms with Crippen molar-refractivity contribution in [1.29, 1.82) is 0 Å². The third kappa shape index (κ3) is 7.15. The predicted octanol–water partition coefficient (Wildman–Crippen LogP) is 6.45. The summed E-state index contributed by atoms with van der Waals surface area (Å²) >= 11 is 0. The first-order chi connectivity index (χ1) is 17.8. The van der Waals surface area contributed by atoms with Gasteiger partial charge in [0.1, 0.15) is 10.7 Å². The van der Waals surface area contributed by atoms with Crippen LogP contribution in [0.2, 0.25) is 0 Å². The summed E-state index contributed by atoms with van der Waals surface area (Å²) in [5.41, 5.74) is -0.457. The Labute approximate surface area is 218 Å². The molecule has 7 nitrogen and oxygen atoms in total. The number of carbonyl (C=O) groups is 1. The Bertz CT molecular complexity index is 1380. The maximum absolute atomic E-state index is 13.2. The van der Waals surface area contributed by atoms with Gasteiger partial charge >= 0.3 is 22.3 Å². The molecule has 0 heterocycles. The van der Waals surface area contributed by atoms with Gasteiger partial charge in [0.15, 0.2) is 11.5 Å². The van der Waals surface area contributed by atoms with E-state index in [2.05, 4.69) is 5.32 Å². The van der Waals surface area contributed by atoms with E-state index in [4.69, 9.17) is 8.92 Å². The minimum Gasteiger partial charge on any atom is -0.493 e. The number of ether oxygens (including phenoxy) is 1. The van der Waals surface area contributed by atoms with Crippen LogP contribution in [0.4, 0.5) is 28.0 Å². The first-order valence-corrected chi connectivity index (χ1v) is 12.9. The van der Waals surface area contributed by atoms with Gasteiger partial charge in [-0.05, 0) is 73.5 Å². The van der Waals surface area contributed by atoms with Gasteiger partial charge in [-0.25, -0.2) is 9.18 Å². The molecular formula is C26H26F4N2O5S. The molecule has 0 aromatic heterocycles. The van der Waals surface area contributed by atoms with E-state index in [1.807, 2.05) is 6.92 Å². The van der Waals surface area contributed by atoms with Crippen LogP contribution in [0.15, 0.2) is 71.6 Å². The average Bonchev–Trinajstić information content (AvgIpc) is 2.86. The highest BCUT2D eigenvalue weighted by atomic mass is 32.2. The van der Waals surface area contributed by atoms with Crippen molar-refractivity contribution in [3.63, 3.8) is 0 Å². The highest BCUT2D eigenvalue weighted by Gasteiger charge is 2.31. The van der Waals surface area contributed by atoms with E-state index < -0.39 is 33.7 Å². The van der Waals surface area contributed by atoms with Gasteiger partial charge in [-0.1, -0.05) is 19.1 Å². The summed E-state index contributed by atoms with van der Waals surface area (Å²) in [7, 11) is -3.01. The lowest BCUT2D eigenvalue weighted by Gasteiger charge is -2.29. The highest BCUT2D eigenvalue weighted by Crippen LogP contribution is 2.33. The largest absolute Gasteiger partial charge is 0.493 e. The van der Waals surface area contributed by atoms with Gasteiger partial charge in [0, 0.05) is 18.3 Å². The van der Waals surface area contributed by atoms with Crippen molar-refractivity contribution in [3.8, 4) is 11.5 Å². The third-order valence-corrected chi connectivity index (χ3v) is 6.96. The molecule has 12 heteroatoms. The first kappa shape index (κ1) is 28.8. The Morgan fingerprint density at radius 3 is 2.32 bits per heavy atom. The highest BCUT2D eigenvalue weighted by molar-refractivity contribution is 7.87. The zero-order chi connectivity index (χ0) is 28.1. The lowest BCUT2D eigenvalue weighted by molar-refractivity contribution is -0.137. The first-order valence-electron chi connectivity index (χ1n) is 11.5. The average molecular weight is 555 g/mol. The third-order valence-electron chi connectivity index (χ3n) is 5.71. The second-order valence-electron chi connectivity index (χ2n) is 8.37. The molecule has 1 unspecified atom stereocenters. The summed E-state index contributed by atoms with van der Waals surface area (Å²) in [4.78, 5) is 14.2. The van der Waals surface area contributed by atoms with Crippen LogP contribution in [0.5, 0.6) is 11.5 Å². The Balaban J connectivity index is 1.86. The van der Waals surface area contributed by atoms with Gasteiger partial charge in [0.2, 0.25) is 0 Å². The maximum atomic E-state index is 13.2. The molecule has 0 aliphatic rings. The number of nitrogens with one attached hydrogen (secondary N) is 1. The van der Waals surface area contributed by atoms with E-state index in [-0.39, 0.29) is 34.7 Å². The molecule has 2 amide bonds. The Morgan fingerprint density at radius 2 is 1.71 bits per heavy atom. The number of anilines is 1. The molecule has 204 valence electrons. The molecule has 38 heavy (non-hydrogen) atoms. The summed E-state index contributed by atoms with van der Waals surface area (Å²) in [6.07, 6.45) is -4.03. The van der Waals surface area contributed by atoms with E-state index >= 15 is 0 Å². The van der Waals surface area contributed by atoms with Crippen LogP contribution in [0.25, 0.3) is 0 Å². The molecule has 3 rings (SSSR count). The fourth-order valence-corrected chi connectivity index (χ4v) is 4.40. The van der Waals surface area contributed by atoms with Crippen LogP contribution in [0.1, 0.15) is 31.4 Å². The number of rotatable bonds is 9. The standard InChI is InChI=1S/C26H26F4N2O5S/c1-4-17(2)32(25(33)31-21-7-5-6-19(15-21)26(28,29)30)16-18-8-13-23(36-3)24(14-18)37-38(34,35)22-11-9-20(27)10-12-22/h5-15,17H,4,16H2,1-3H3,(H,31,33). The van der Waals surface area contributed by atoms with E-state index in [0.29, 0.717) is 12.0 Å². The Hall–Kier alpha value is -3.80. The molecular weight excluding hydrogens is 528 g/mol. The summed E-state index contributed by atoms with van der Waals surface area (Å²) in [6.45, 7) is 3.59. The minimum absolute atomic E-state index is 0.0171. The van der Waals surface area contributed by atoms with Crippen molar-refractivity contribution >= 4 is 21.8 Å². The fraction of sp³-hybridized carbons (Fsp3) is 0.269. The number of hydrogen-bond donors (Lipinski definition) is 1. The van der Waals surface area contributed by atoms with Crippen molar-refractivity contribution in [1.82, 2.24) is 4.90 Å². The second-order valence-corrected chi connectivity index (χ2v) is 9.92. The fourth-order valence-electron chi connectivity index (χ4n) is 3.47. The van der Waals surface area contributed by atoms with Gasteiger partial charge in [-0.3, -0.25) is 0 Å². The number of amides is 2. The molecule has 1 atom stereocenters. The number of urea groups is 1. The van der Waals surface area contributed by atoms with Crippen LogP contribution in [0.3, 0.4) is 0 Å². The summed E-state index contributed by atoms with van der Waals surface area (Å²) < 4.78 is 88.4. The molecule has 3 aromatic carbocycles. The Kier molecular flexibility index (Phi) is 8.87. The van der Waals surface area contributed by atoms with E-state index in [0.717, 1.165) is 36.4 Å². The number of alkyl halides is 3. The lowest BCUT2D eigenvalue weighted by Crippen LogP contribution is -2.40. The second kappa shape index (κ2) is 11.7. The maximum Gasteiger partial charge on any atom is 0.416 e. The van der Waals surface area contributed by atoms with Crippen LogP contribution in [-0.4, -0.2) is 32.5 Å². The van der Waals surface area contributed by atoms with Gasteiger partial charge in [0.25, 0.3) is 0 Å². The van der Waals surface area contributed by atoms with E-state index in [1.165, 1.54) is 36.3 Å². The van der Waals surface area contributed by atoms with Gasteiger partial charge in [-0.2, -0.15) is 21.6 Å². The Morgan fingerprint density at radius 1 is 1.03 bits per heavy atom. The summed E-state index contributed by atoms with van der Waals surface area (Å²) in [5, 5.41) is 2.50. The predicted molar refractivity (Wildman–Crippen MR) is 133 cm³/mol. The monoisotopic (exact) mass is 554 g/mol. The van der Waals surface area contributed by atoms with Crippen LogP contribution < -0.4 is 14.2 Å². The number of carbonyl (C=O) groups excluding carboxylic acids is 1. The quantitative estimate of drug-likeness (QED) is 0.243. The topological polar surface area (TPSA) is 84.9 Å². The molecule has 0 spiro atoms. The zero-order valence-corrected chi connectivity index (χ0v) is 21.6. The number of hydrogen-bond acceptors (Lipinski definition) is 5. The van der Waals surface area contributed by atoms with Crippen molar-refractivity contribution in [2.45, 2.75) is 43.9 Å². The SMILES string of the molecule is CCC(C)N(Cc1ccc(OC)c(OS(=O)(=O)c2ccc(F)cc2)c1)C(=O)Nc1cccc(C(F)(F)F)c1. The van der Waals surface area contributed by atoms with Gasteiger partial charge in [0.05, 0.1) is 12.7 Å². The lowest BCUT2D eigenvalue weighted by atomic mass is 10.1. The molecule has 1 N–H and O–H groups in total. The number of benzene rings is 3. The van der Waals surface area contributed by atoms with E-state index in [1.54, 1.807) is 13.0 Å². The van der Waals surface area contributed by atoms with Gasteiger partial charge in [-0.15, -0.1) is 0 Å². The van der Waals surface area contributed by atoms with Crippen LogP contribution in [0, 0.1) is 5.82 Å². The molecule has 0 radical (unpaired) electrons. The number of nitrogens with zero attached hydrogens (tertiary/aromatic N) is 1. The molecule has 0 saturated carbocycles. The molecule has 0 aliphatic carbocycles. The molecule has 0 bridgehead atoms. The molecule has 0 saturated heterocycles. The van der Waals surface area contributed by atoms with Crippen molar-refractivity contribution < 1.29 is 39.7 Å². The smallest absolute Gasteiger partial charge is 0.416 e. The van der Waals surface area contributed by atoms with Crippen molar-refractivity contribution in [2.75, 3.05) is 12.4 Å². The summed E-state index contributed by atoms with van der Waals surface area (Å²) in [6, 6.07) is 11.9. The number of methoxy groups -OCH3 is 1. The van der Waals surface area contributed by atoms with Crippen LogP contribution >= 0.6 is 0 Å². The van der Waals surface area contributed by atoms with Gasteiger partial charge < -0.3 is 19.1 Å². The molecule has 0 fully saturated rings. The summed E-state index contributed by atoms with van der Waals surface area (Å²) in [5.74, 6) is -0.670. The number of halogens is 4. The minimum atomic E-state index is -4.56. The van der Waals surface area contributed by atoms with Crippen molar-refractivity contribution in [2.24, 2.45) is 0 Å². The van der Waals surface area contributed by atoms with Crippen molar-refractivity contribution in [3.05, 3.63) is 83.7 Å². The van der Waals surface area contributed by atoms with E-state index in [9.17, 15) is 30.8 Å². The molecule has 3 aromatic rings. The zero-order valence-electron chi connectivity index (χ0n) is 20.8.